The molecule has 1 aliphatic rings. The second kappa shape index (κ2) is 8.40. The van der Waals surface area contributed by atoms with E-state index in [4.69, 9.17) is 0 Å². The van der Waals surface area contributed by atoms with Crippen LogP contribution in [0.5, 0.6) is 0 Å². The topological polar surface area (TPSA) is 63.1 Å². The first kappa shape index (κ1) is 18.5. The molecule has 26 heavy (non-hydrogen) atoms. The molecular formula is C19H26FN5O. The van der Waals surface area contributed by atoms with E-state index in [1.165, 1.54) is 24.6 Å². The Hall–Kier alpha value is -2.28. The van der Waals surface area contributed by atoms with E-state index in [0.29, 0.717) is 11.5 Å². The van der Waals surface area contributed by atoms with Gasteiger partial charge < -0.3 is 14.8 Å². The maximum Gasteiger partial charge on any atom is 0.251 e. The number of aromatic nitrogens is 3. The van der Waals surface area contributed by atoms with Crippen LogP contribution in [0, 0.1) is 11.7 Å². The van der Waals surface area contributed by atoms with Crippen molar-refractivity contribution >= 4 is 5.91 Å². The molecule has 140 valence electrons. The lowest BCUT2D eigenvalue weighted by atomic mass is 10.1. The molecule has 0 aliphatic carbocycles. The van der Waals surface area contributed by atoms with Gasteiger partial charge in [-0.05, 0) is 24.1 Å². The third kappa shape index (κ3) is 4.46. The third-order valence-electron chi connectivity index (χ3n) is 4.96. The molecule has 1 amide bonds. The maximum absolute atomic E-state index is 13.3. The van der Waals surface area contributed by atoms with Crippen LogP contribution in [0.15, 0.2) is 24.3 Å². The zero-order valence-corrected chi connectivity index (χ0v) is 15.4. The van der Waals surface area contributed by atoms with Crippen LogP contribution in [0.3, 0.4) is 0 Å². The summed E-state index contributed by atoms with van der Waals surface area (Å²) >= 11 is 0. The lowest BCUT2D eigenvalue weighted by molar-refractivity contribution is 0.0949. The Kier molecular flexibility index (Phi) is 5.98. The fraction of sp³-hybridized carbons (Fsp3) is 0.526. The van der Waals surface area contributed by atoms with Gasteiger partial charge in [-0.3, -0.25) is 4.79 Å². The summed E-state index contributed by atoms with van der Waals surface area (Å²) in [6.07, 6.45) is 2.04. The minimum Gasteiger partial charge on any atom is -0.345 e. The highest BCUT2D eigenvalue weighted by atomic mass is 19.1. The van der Waals surface area contributed by atoms with Crippen molar-refractivity contribution in [2.75, 3.05) is 19.6 Å². The molecule has 1 atom stereocenters. The predicted octanol–water partition coefficient (Wildman–Crippen LogP) is 2.25. The lowest BCUT2D eigenvalue weighted by Crippen LogP contribution is -2.31. The molecule has 1 N–H and O–H groups in total. The van der Waals surface area contributed by atoms with Gasteiger partial charge in [-0.1, -0.05) is 26.3 Å². The average Bonchev–Trinajstić information content (AvgIpc) is 2.92. The Labute approximate surface area is 153 Å². The van der Waals surface area contributed by atoms with Gasteiger partial charge in [0, 0.05) is 38.2 Å². The van der Waals surface area contributed by atoms with Crippen LogP contribution in [0.2, 0.25) is 0 Å². The number of amides is 1. The summed E-state index contributed by atoms with van der Waals surface area (Å²) in [6, 6.07) is 5.67. The average molecular weight is 359 g/mol. The summed E-state index contributed by atoms with van der Waals surface area (Å²) in [4.78, 5) is 14.7. The number of hydrogen-bond acceptors (Lipinski definition) is 4. The number of carbonyl (C=O) groups excluding carboxylic acids is 1. The van der Waals surface area contributed by atoms with E-state index in [2.05, 4.69) is 38.8 Å². The smallest absolute Gasteiger partial charge is 0.251 e. The van der Waals surface area contributed by atoms with Gasteiger partial charge in [-0.2, -0.15) is 0 Å². The van der Waals surface area contributed by atoms with Crippen molar-refractivity contribution in [1.29, 1.82) is 0 Å². The van der Waals surface area contributed by atoms with E-state index in [0.717, 1.165) is 44.2 Å². The fourth-order valence-corrected chi connectivity index (χ4v) is 3.20. The van der Waals surface area contributed by atoms with Crippen molar-refractivity contribution in [3.8, 4) is 0 Å². The highest BCUT2D eigenvalue weighted by molar-refractivity contribution is 5.94. The van der Waals surface area contributed by atoms with Crippen LogP contribution in [0.1, 0.15) is 42.3 Å². The summed E-state index contributed by atoms with van der Waals surface area (Å²) in [5.74, 6) is 1.66. The van der Waals surface area contributed by atoms with Gasteiger partial charge in [-0.25, -0.2) is 4.39 Å². The van der Waals surface area contributed by atoms with Crippen molar-refractivity contribution < 1.29 is 9.18 Å². The Morgan fingerprint density at radius 2 is 2.15 bits per heavy atom. The van der Waals surface area contributed by atoms with Crippen LogP contribution >= 0.6 is 0 Å². The molecule has 1 aromatic heterocycles. The molecule has 0 radical (unpaired) electrons. The molecule has 6 nitrogen and oxygen atoms in total. The Morgan fingerprint density at radius 1 is 1.31 bits per heavy atom. The minimum absolute atomic E-state index is 0.285. The van der Waals surface area contributed by atoms with Crippen LogP contribution in [-0.2, 0) is 19.5 Å². The van der Waals surface area contributed by atoms with Gasteiger partial charge in [0.25, 0.3) is 5.91 Å². The molecule has 2 aromatic rings. The molecule has 0 bridgehead atoms. The Balaban J connectivity index is 1.60. The third-order valence-corrected chi connectivity index (χ3v) is 4.96. The molecule has 0 spiro atoms. The molecule has 3 rings (SSSR count). The SMILES string of the molecule is CCC(C)CN1CCc2nnc(CNC(=O)c3cccc(F)c3)n2CC1. The maximum atomic E-state index is 13.3. The minimum atomic E-state index is -0.421. The molecule has 0 fully saturated rings. The quantitative estimate of drug-likeness (QED) is 0.859. The molecule has 1 unspecified atom stereocenters. The number of nitrogens with one attached hydrogen (secondary N) is 1. The van der Waals surface area contributed by atoms with Crippen LogP contribution in [0.25, 0.3) is 0 Å². The van der Waals surface area contributed by atoms with Crippen molar-refractivity contribution in [2.45, 2.75) is 39.8 Å². The largest absolute Gasteiger partial charge is 0.345 e. The highest BCUT2D eigenvalue weighted by Gasteiger charge is 2.20. The number of halogens is 1. The second-order valence-electron chi connectivity index (χ2n) is 6.94. The summed E-state index contributed by atoms with van der Waals surface area (Å²) in [6.45, 7) is 8.64. The first-order chi connectivity index (χ1) is 12.6. The van der Waals surface area contributed by atoms with Crippen molar-refractivity contribution in [1.82, 2.24) is 25.0 Å². The Bertz CT molecular complexity index is 760. The van der Waals surface area contributed by atoms with E-state index < -0.39 is 5.82 Å². The van der Waals surface area contributed by atoms with E-state index in [9.17, 15) is 9.18 Å². The molecular weight excluding hydrogens is 333 g/mol. The van der Waals surface area contributed by atoms with Crippen molar-refractivity contribution in [3.05, 3.63) is 47.3 Å². The molecule has 0 saturated heterocycles. The van der Waals surface area contributed by atoms with E-state index in [-0.39, 0.29) is 12.5 Å². The number of benzene rings is 1. The number of hydrogen-bond donors (Lipinski definition) is 1. The monoisotopic (exact) mass is 359 g/mol. The zero-order valence-electron chi connectivity index (χ0n) is 15.4. The molecule has 2 heterocycles. The van der Waals surface area contributed by atoms with Crippen LogP contribution in [0.4, 0.5) is 4.39 Å². The first-order valence-corrected chi connectivity index (χ1v) is 9.24. The second-order valence-corrected chi connectivity index (χ2v) is 6.94. The molecule has 7 heteroatoms. The van der Waals surface area contributed by atoms with Crippen molar-refractivity contribution in [2.24, 2.45) is 5.92 Å². The van der Waals surface area contributed by atoms with Crippen molar-refractivity contribution in [3.63, 3.8) is 0 Å². The number of fused-ring (bicyclic) bond motifs is 1. The predicted molar refractivity (Wildman–Crippen MR) is 97.2 cm³/mol. The van der Waals surface area contributed by atoms with Gasteiger partial charge >= 0.3 is 0 Å². The summed E-state index contributed by atoms with van der Waals surface area (Å²) in [5.41, 5.74) is 0.306. The van der Waals surface area contributed by atoms with Crippen LogP contribution < -0.4 is 5.32 Å². The summed E-state index contributed by atoms with van der Waals surface area (Å²) in [7, 11) is 0. The zero-order chi connectivity index (χ0) is 18.5. The van der Waals surface area contributed by atoms with Gasteiger partial charge in [-0.15, -0.1) is 10.2 Å². The number of nitrogens with zero attached hydrogens (tertiary/aromatic N) is 4. The standard InChI is InChI=1S/C19H26FN5O/c1-3-14(2)13-24-8-7-17-22-23-18(25(17)10-9-24)12-21-19(26)15-5-4-6-16(20)11-15/h4-6,11,14H,3,7-10,12-13H2,1-2H3,(H,21,26). The normalized spacial score (nSPS) is 16.0. The molecule has 1 aliphatic heterocycles. The van der Waals surface area contributed by atoms with E-state index in [1.54, 1.807) is 6.07 Å². The summed E-state index contributed by atoms with van der Waals surface area (Å²) in [5, 5.41) is 11.3. The van der Waals surface area contributed by atoms with Gasteiger partial charge in [0.05, 0.1) is 6.54 Å². The van der Waals surface area contributed by atoms with Gasteiger partial charge in [0.15, 0.2) is 5.82 Å². The van der Waals surface area contributed by atoms with Gasteiger partial charge in [0.1, 0.15) is 11.6 Å². The lowest BCUT2D eigenvalue weighted by Gasteiger charge is -2.22. The van der Waals surface area contributed by atoms with E-state index >= 15 is 0 Å². The number of carbonyl (C=O) groups is 1. The molecule has 1 aromatic carbocycles. The Morgan fingerprint density at radius 3 is 2.92 bits per heavy atom. The highest BCUT2D eigenvalue weighted by Crippen LogP contribution is 2.12. The fourth-order valence-electron chi connectivity index (χ4n) is 3.20. The van der Waals surface area contributed by atoms with Crippen LogP contribution in [-0.4, -0.2) is 45.2 Å². The number of rotatable bonds is 6. The van der Waals surface area contributed by atoms with E-state index in [1.807, 2.05) is 0 Å². The first-order valence-electron chi connectivity index (χ1n) is 9.24. The summed E-state index contributed by atoms with van der Waals surface area (Å²) < 4.78 is 15.4. The molecule has 0 saturated carbocycles. The van der Waals surface area contributed by atoms with Gasteiger partial charge in [0.2, 0.25) is 0 Å².